The SMILES string of the molecule is C=CC(=O)N1CCC[C@H](Nc2cccc(Nc3ncc(-c4nnn(-c5ccccc5)n4)s3)n2)C1. The highest BCUT2D eigenvalue weighted by Gasteiger charge is 2.22. The summed E-state index contributed by atoms with van der Waals surface area (Å²) in [5.74, 6) is 1.88. The number of anilines is 3. The van der Waals surface area contributed by atoms with Crippen molar-refractivity contribution in [1.82, 2.24) is 35.1 Å². The minimum atomic E-state index is -0.0345. The van der Waals surface area contributed by atoms with Crippen molar-refractivity contribution in [2.24, 2.45) is 0 Å². The van der Waals surface area contributed by atoms with E-state index in [1.807, 2.05) is 53.4 Å². The molecule has 1 aromatic carbocycles. The van der Waals surface area contributed by atoms with Gasteiger partial charge in [0.25, 0.3) is 0 Å². The van der Waals surface area contributed by atoms with Crippen LogP contribution in [0.5, 0.6) is 0 Å². The van der Waals surface area contributed by atoms with Gasteiger partial charge in [-0.15, -0.1) is 15.0 Å². The van der Waals surface area contributed by atoms with Crippen LogP contribution in [-0.2, 0) is 4.79 Å². The first-order valence-electron chi connectivity index (χ1n) is 10.9. The van der Waals surface area contributed by atoms with Gasteiger partial charge in [0.15, 0.2) is 5.13 Å². The summed E-state index contributed by atoms with van der Waals surface area (Å²) >= 11 is 1.42. The lowest BCUT2D eigenvalue weighted by Gasteiger charge is -2.32. The lowest BCUT2D eigenvalue weighted by Crippen LogP contribution is -2.44. The third-order valence-corrected chi connectivity index (χ3v) is 6.28. The van der Waals surface area contributed by atoms with Gasteiger partial charge >= 0.3 is 0 Å². The topological polar surface area (TPSA) is 114 Å². The maximum absolute atomic E-state index is 11.9. The number of likely N-dealkylation sites (tertiary alicyclic amines) is 1. The Morgan fingerprint density at radius 3 is 2.85 bits per heavy atom. The molecule has 5 rings (SSSR count). The molecule has 2 N–H and O–H groups in total. The molecule has 1 aliphatic rings. The minimum Gasteiger partial charge on any atom is -0.365 e. The van der Waals surface area contributed by atoms with Crippen molar-refractivity contribution in [2.75, 3.05) is 23.7 Å². The Morgan fingerprint density at radius 1 is 1.15 bits per heavy atom. The lowest BCUT2D eigenvalue weighted by molar-refractivity contribution is -0.127. The Morgan fingerprint density at radius 2 is 2.00 bits per heavy atom. The Labute approximate surface area is 200 Å². The van der Waals surface area contributed by atoms with E-state index in [9.17, 15) is 4.79 Å². The first-order chi connectivity index (χ1) is 16.7. The number of nitrogens with one attached hydrogen (secondary N) is 2. The van der Waals surface area contributed by atoms with Crippen molar-refractivity contribution in [1.29, 1.82) is 0 Å². The number of para-hydroxylation sites is 1. The van der Waals surface area contributed by atoms with E-state index in [0.717, 1.165) is 35.8 Å². The number of amides is 1. The maximum atomic E-state index is 11.9. The maximum Gasteiger partial charge on any atom is 0.246 e. The van der Waals surface area contributed by atoms with E-state index in [4.69, 9.17) is 0 Å². The number of aromatic nitrogens is 6. The summed E-state index contributed by atoms with van der Waals surface area (Å²) in [4.78, 5) is 25.1. The molecule has 172 valence electrons. The molecule has 4 aromatic rings. The number of pyridine rings is 1. The van der Waals surface area contributed by atoms with Crippen LogP contribution < -0.4 is 10.6 Å². The number of hydrogen-bond donors (Lipinski definition) is 2. The van der Waals surface area contributed by atoms with Crippen molar-refractivity contribution in [3.8, 4) is 16.4 Å². The molecule has 0 aliphatic carbocycles. The third kappa shape index (κ3) is 4.94. The van der Waals surface area contributed by atoms with Crippen LogP contribution in [0.25, 0.3) is 16.4 Å². The number of tetrazole rings is 1. The molecule has 1 amide bonds. The molecule has 4 heterocycles. The molecule has 11 heteroatoms. The van der Waals surface area contributed by atoms with Crippen LogP contribution in [-0.4, -0.2) is 60.1 Å². The van der Waals surface area contributed by atoms with E-state index >= 15 is 0 Å². The second-order valence-corrected chi connectivity index (χ2v) is 8.80. The summed E-state index contributed by atoms with van der Waals surface area (Å²) in [5.41, 5.74) is 0.840. The number of thiazole rings is 1. The number of rotatable bonds is 7. The van der Waals surface area contributed by atoms with E-state index in [-0.39, 0.29) is 11.9 Å². The van der Waals surface area contributed by atoms with Gasteiger partial charge in [-0.2, -0.15) is 0 Å². The Kier molecular flexibility index (Phi) is 6.25. The number of carbonyl (C=O) groups excluding carboxylic acids is 1. The van der Waals surface area contributed by atoms with Crippen LogP contribution in [0.2, 0.25) is 0 Å². The normalized spacial score (nSPS) is 15.6. The van der Waals surface area contributed by atoms with Gasteiger partial charge in [0.1, 0.15) is 11.6 Å². The van der Waals surface area contributed by atoms with Gasteiger partial charge < -0.3 is 15.5 Å². The zero-order chi connectivity index (χ0) is 23.3. The summed E-state index contributed by atoms with van der Waals surface area (Å²) in [6.07, 6.45) is 5.01. The highest BCUT2D eigenvalue weighted by molar-refractivity contribution is 7.18. The van der Waals surface area contributed by atoms with Crippen LogP contribution in [0.1, 0.15) is 12.8 Å². The number of nitrogens with zero attached hydrogens (tertiary/aromatic N) is 7. The van der Waals surface area contributed by atoms with E-state index in [2.05, 4.69) is 42.6 Å². The highest BCUT2D eigenvalue weighted by atomic mass is 32.1. The molecular weight excluding hydrogens is 450 g/mol. The Hall–Kier alpha value is -4.12. The largest absolute Gasteiger partial charge is 0.365 e. The summed E-state index contributed by atoms with van der Waals surface area (Å²) in [6.45, 7) is 4.98. The molecule has 3 aromatic heterocycles. The average Bonchev–Trinajstić information content (AvgIpc) is 3.54. The third-order valence-electron chi connectivity index (χ3n) is 5.37. The van der Waals surface area contributed by atoms with Crippen LogP contribution >= 0.6 is 11.3 Å². The molecule has 1 atom stereocenters. The molecule has 1 fully saturated rings. The molecule has 0 saturated carbocycles. The summed E-state index contributed by atoms with van der Waals surface area (Å²) in [5, 5.41) is 20.1. The monoisotopic (exact) mass is 473 g/mol. The Balaban J connectivity index is 1.24. The summed E-state index contributed by atoms with van der Waals surface area (Å²) in [6, 6.07) is 15.5. The standard InChI is InChI=1S/C23H23N9OS/c1-2-21(33)31-13-7-8-16(15-31)25-19-11-6-12-20(26-19)27-23-24-14-18(34-23)22-28-30-32(29-22)17-9-4-3-5-10-17/h2-6,9-12,14,16H,1,7-8,13,15H2,(H2,24,25,26,27)/t16-/m0/s1. The predicted octanol–water partition coefficient (Wildman–Crippen LogP) is 3.51. The second kappa shape index (κ2) is 9.79. The fourth-order valence-electron chi connectivity index (χ4n) is 3.75. The molecule has 1 saturated heterocycles. The first-order valence-corrected chi connectivity index (χ1v) is 11.7. The second-order valence-electron chi connectivity index (χ2n) is 7.77. The smallest absolute Gasteiger partial charge is 0.246 e. The van der Waals surface area contributed by atoms with Gasteiger partial charge in [0, 0.05) is 19.1 Å². The van der Waals surface area contributed by atoms with Gasteiger partial charge in [-0.3, -0.25) is 4.79 Å². The number of hydrogen-bond acceptors (Lipinski definition) is 9. The zero-order valence-electron chi connectivity index (χ0n) is 18.3. The summed E-state index contributed by atoms with van der Waals surface area (Å²) < 4.78 is 0. The van der Waals surface area contributed by atoms with E-state index in [0.29, 0.717) is 23.3 Å². The fourth-order valence-corrected chi connectivity index (χ4v) is 4.49. The van der Waals surface area contributed by atoms with Gasteiger partial charge in [0.2, 0.25) is 11.7 Å². The zero-order valence-corrected chi connectivity index (χ0v) is 19.1. The predicted molar refractivity (Wildman–Crippen MR) is 131 cm³/mol. The van der Waals surface area contributed by atoms with Crippen molar-refractivity contribution < 1.29 is 4.79 Å². The average molecular weight is 474 g/mol. The molecule has 1 aliphatic heterocycles. The Bertz CT molecular complexity index is 1290. The molecule has 0 spiro atoms. The van der Waals surface area contributed by atoms with Gasteiger partial charge in [-0.25, -0.2) is 9.97 Å². The number of benzene rings is 1. The van der Waals surface area contributed by atoms with Gasteiger partial charge in [0.05, 0.1) is 16.8 Å². The van der Waals surface area contributed by atoms with Crippen LogP contribution in [0.3, 0.4) is 0 Å². The van der Waals surface area contributed by atoms with Gasteiger partial charge in [-0.05, 0) is 48.4 Å². The minimum absolute atomic E-state index is 0.0345. The molecule has 10 nitrogen and oxygen atoms in total. The highest BCUT2D eigenvalue weighted by Crippen LogP contribution is 2.28. The van der Waals surface area contributed by atoms with Crippen molar-refractivity contribution >= 4 is 34.0 Å². The molecule has 0 bridgehead atoms. The van der Waals surface area contributed by atoms with Crippen molar-refractivity contribution in [3.63, 3.8) is 0 Å². The number of piperidine rings is 1. The molecule has 0 radical (unpaired) electrons. The molecule has 34 heavy (non-hydrogen) atoms. The first kappa shape index (κ1) is 21.7. The lowest BCUT2D eigenvalue weighted by atomic mass is 10.1. The van der Waals surface area contributed by atoms with Crippen molar-refractivity contribution in [3.05, 3.63) is 67.4 Å². The van der Waals surface area contributed by atoms with Gasteiger partial charge in [-0.1, -0.05) is 42.2 Å². The van der Waals surface area contributed by atoms with Crippen molar-refractivity contribution in [2.45, 2.75) is 18.9 Å². The van der Waals surface area contributed by atoms with Crippen LogP contribution in [0.4, 0.5) is 16.8 Å². The fraction of sp³-hybridized carbons (Fsp3) is 0.217. The molecular formula is C23H23N9OS. The summed E-state index contributed by atoms with van der Waals surface area (Å²) in [7, 11) is 0. The van der Waals surface area contributed by atoms with Crippen LogP contribution in [0.15, 0.2) is 67.4 Å². The van der Waals surface area contributed by atoms with E-state index in [1.165, 1.54) is 22.2 Å². The van der Waals surface area contributed by atoms with E-state index in [1.54, 1.807) is 6.20 Å². The molecule has 0 unspecified atom stereocenters. The quantitative estimate of drug-likeness (QED) is 0.392. The van der Waals surface area contributed by atoms with E-state index < -0.39 is 0 Å². The van der Waals surface area contributed by atoms with Crippen LogP contribution in [0, 0.1) is 0 Å². The number of carbonyl (C=O) groups is 1.